The van der Waals surface area contributed by atoms with Crippen LogP contribution in [0.3, 0.4) is 0 Å². The molecule has 1 heteroatoms. The van der Waals surface area contributed by atoms with Crippen LogP contribution in [0.15, 0.2) is 36.5 Å². The summed E-state index contributed by atoms with van der Waals surface area (Å²) >= 11 is 0. The quantitative estimate of drug-likeness (QED) is 0.356. The van der Waals surface area contributed by atoms with Gasteiger partial charge in [-0.05, 0) is 0 Å². The summed E-state index contributed by atoms with van der Waals surface area (Å²) in [5.41, 5.74) is 0. The molecule has 0 aromatic carbocycles. The van der Waals surface area contributed by atoms with Gasteiger partial charge >= 0.3 is 17.1 Å². The molecule has 0 saturated carbocycles. The van der Waals surface area contributed by atoms with Gasteiger partial charge < -0.3 is 0 Å². The fraction of sp³-hybridized carbons (Fsp3) is 0.200. The van der Waals surface area contributed by atoms with Crippen molar-refractivity contribution in [3.63, 3.8) is 0 Å². The van der Waals surface area contributed by atoms with Gasteiger partial charge in [0.05, 0.1) is 0 Å². The Morgan fingerprint density at radius 3 is 1.09 bits per heavy atom. The number of allylic oxidation sites excluding steroid dienone is 6. The van der Waals surface area contributed by atoms with Crippen LogP contribution >= 0.6 is 0 Å². The first-order chi connectivity index (χ1) is 4.83. The van der Waals surface area contributed by atoms with Crippen LogP contribution in [0.5, 0.6) is 0 Å². The average molecular weight is 190 g/mol. The van der Waals surface area contributed by atoms with Crippen molar-refractivity contribution in [3.8, 4) is 0 Å². The molecule has 0 nitrogen and oxygen atoms in total. The van der Waals surface area contributed by atoms with Crippen molar-refractivity contribution in [3.05, 3.63) is 49.6 Å². The standard InChI is InChI=1S/2C5H7.Fe/c2*1-3-5-4-2;/h2*1,3-5H,2H3;/q2*-1;+2. The topological polar surface area (TPSA) is 0 Å². The minimum atomic E-state index is 0. The summed E-state index contributed by atoms with van der Waals surface area (Å²) < 4.78 is 0. The van der Waals surface area contributed by atoms with E-state index in [1.165, 1.54) is 12.2 Å². The molecular formula is C10H14Fe. The minimum absolute atomic E-state index is 0. The fourth-order valence-electron chi connectivity index (χ4n) is 0.222. The number of rotatable bonds is 2. The fourth-order valence-corrected chi connectivity index (χ4v) is 0.222. The van der Waals surface area contributed by atoms with E-state index >= 15 is 0 Å². The van der Waals surface area contributed by atoms with Crippen molar-refractivity contribution >= 4 is 0 Å². The predicted molar refractivity (Wildman–Crippen MR) is 47.4 cm³/mol. The molecule has 0 aliphatic heterocycles. The Morgan fingerprint density at radius 1 is 0.818 bits per heavy atom. The molecule has 0 heterocycles. The first kappa shape index (κ1) is 16.8. The second kappa shape index (κ2) is 22.7. The van der Waals surface area contributed by atoms with Crippen molar-refractivity contribution in [1.29, 1.82) is 0 Å². The van der Waals surface area contributed by atoms with Gasteiger partial charge in [-0.3, -0.25) is 13.2 Å². The summed E-state index contributed by atoms with van der Waals surface area (Å²) in [4.78, 5) is 0. The molecule has 0 saturated heterocycles. The molecule has 0 radical (unpaired) electrons. The van der Waals surface area contributed by atoms with Gasteiger partial charge in [-0.1, -0.05) is 13.8 Å². The zero-order valence-corrected chi connectivity index (χ0v) is 8.08. The van der Waals surface area contributed by atoms with Crippen LogP contribution in [0.25, 0.3) is 0 Å². The van der Waals surface area contributed by atoms with Crippen LogP contribution in [0.1, 0.15) is 13.8 Å². The molecule has 0 aliphatic rings. The van der Waals surface area contributed by atoms with E-state index in [0.717, 1.165) is 0 Å². The molecule has 0 N–H and O–H groups in total. The van der Waals surface area contributed by atoms with Gasteiger partial charge in [-0.25, -0.2) is 24.3 Å². The van der Waals surface area contributed by atoms with Crippen LogP contribution in [0, 0.1) is 13.2 Å². The molecule has 0 spiro atoms. The maximum Gasteiger partial charge on any atom is 2.00 e. The van der Waals surface area contributed by atoms with E-state index in [1.54, 1.807) is 12.2 Å². The Hall–Kier alpha value is -0.521. The average Bonchev–Trinajstić information content (AvgIpc) is 1.93. The Morgan fingerprint density at radius 2 is 1.09 bits per heavy atom. The van der Waals surface area contributed by atoms with Crippen LogP contribution in [0.4, 0.5) is 0 Å². The van der Waals surface area contributed by atoms with E-state index in [0.29, 0.717) is 0 Å². The van der Waals surface area contributed by atoms with Gasteiger partial charge in [0.1, 0.15) is 0 Å². The Kier molecular flexibility index (Phi) is 34.7. The third-order valence-electron chi connectivity index (χ3n) is 0.607. The van der Waals surface area contributed by atoms with Gasteiger partial charge in [0.25, 0.3) is 0 Å². The van der Waals surface area contributed by atoms with Crippen molar-refractivity contribution in [2.45, 2.75) is 13.8 Å². The van der Waals surface area contributed by atoms with Gasteiger partial charge in [-0.2, -0.15) is 12.2 Å². The van der Waals surface area contributed by atoms with Gasteiger partial charge in [0.2, 0.25) is 0 Å². The zero-order valence-electron chi connectivity index (χ0n) is 6.97. The zero-order chi connectivity index (χ0) is 8.24. The molecule has 0 rings (SSSR count). The smallest absolute Gasteiger partial charge is 0.293 e. The minimum Gasteiger partial charge on any atom is -0.293 e. The van der Waals surface area contributed by atoms with Crippen LogP contribution in [-0.2, 0) is 17.1 Å². The first-order valence-corrected chi connectivity index (χ1v) is 3.15. The monoisotopic (exact) mass is 190 g/mol. The maximum atomic E-state index is 4.93. The molecule has 62 valence electrons. The van der Waals surface area contributed by atoms with Crippen LogP contribution < -0.4 is 0 Å². The van der Waals surface area contributed by atoms with Crippen molar-refractivity contribution in [1.82, 2.24) is 0 Å². The van der Waals surface area contributed by atoms with Gasteiger partial charge in [0, 0.05) is 0 Å². The van der Waals surface area contributed by atoms with E-state index in [4.69, 9.17) is 13.2 Å². The molecule has 0 unspecified atom stereocenters. The summed E-state index contributed by atoms with van der Waals surface area (Å²) in [7, 11) is 0. The third kappa shape index (κ3) is 43.8. The van der Waals surface area contributed by atoms with Crippen molar-refractivity contribution < 1.29 is 17.1 Å². The van der Waals surface area contributed by atoms with E-state index in [-0.39, 0.29) is 17.1 Å². The molecule has 11 heavy (non-hydrogen) atoms. The predicted octanol–water partition coefficient (Wildman–Crippen LogP) is 3.10. The van der Waals surface area contributed by atoms with Crippen LogP contribution in [0.2, 0.25) is 0 Å². The summed E-state index contributed by atoms with van der Waals surface area (Å²) in [6.45, 7) is 13.7. The Labute approximate surface area is 80.9 Å². The van der Waals surface area contributed by atoms with Gasteiger partial charge in [-0.15, -0.1) is 0 Å². The SMILES string of the molecule is [CH-]=CC=CC.[CH-]=CC=CC.[Fe+2]. The molecule has 0 fully saturated rings. The molecule has 0 aliphatic carbocycles. The van der Waals surface area contributed by atoms with E-state index < -0.39 is 0 Å². The van der Waals surface area contributed by atoms with E-state index in [2.05, 4.69) is 0 Å². The first-order valence-electron chi connectivity index (χ1n) is 3.15. The molecule has 0 aromatic heterocycles. The van der Waals surface area contributed by atoms with Crippen LogP contribution in [-0.4, -0.2) is 0 Å². The number of hydrogen-bond donors (Lipinski definition) is 0. The summed E-state index contributed by atoms with van der Waals surface area (Å²) in [6.07, 6.45) is 10.3. The van der Waals surface area contributed by atoms with Crippen molar-refractivity contribution in [2.75, 3.05) is 0 Å². The third-order valence-corrected chi connectivity index (χ3v) is 0.607. The molecule has 0 aromatic rings. The molecule has 0 bridgehead atoms. The largest absolute Gasteiger partial charge is 2.00 e. The summed E-state index contributed by atoms with van der Waals surface area (Å²) in [5, 5.41) is 0. The summed E-state index contributed by atoms with van der Waals surface area (Å²) in [6, 6.07) is 0. The van der Waals surface area contributed by atoms with Crippen molar-refractivity contribution in [2.24, 2.45) is 0 Å². The maximum absolute atomic E-state index is 4.93. The normalized spacial score (nSPS) is 8.18. The second-order valence-corrected chi connectivity index (χ2v) is 1.44. The van der Waals surface area contributed by atoms with E-state index in [1.807, 2.05) is 26.0 Å². The Bertz CT molecular complexity index is 105. The number of hydrogen-bond acceptors (Lipinski definition) is 0. The molecule has 0 amide bonds. The van der Waals surface area contributed by atoms with E-state index in [9.17, 15) is 0 Å². The molecule has 0 atom stereocenters. The Balaban J connectivity index is -0.000000107. The van der Waals surface area contributed by atoms with Gasteiger partial charge in [0.15, 0.2) is 0 Å². The second-order valence-electron chi connectivity index (χ2n) is 1.44. The molecular weight excluding hydrogens is 176 g/mol. The summed E-state index contributed by atoms with van der Waals surface area (Å²) in [5.74, 6) is 0.